The van der Waals surface area contributed by atoms with Crippen molar-refractivity contribution >= 4 is 23.6 Å². The Balaban J connectivity index is 0.000000159. The van der Waals surface area contributed by atoms with Crippen LogP contribution in [-0.4, -0.2) is 23.6 Å². The zero-order valence-electron chi connectivity index (χ0n) is 15.9. The highest BCUT2D eigenvalue weighted by molar-refractivity contribution is 6.13. The van der Waals surface area contributed by atoms with E-state index in [4.69, 9.17) is 0 Å². The molecule has 2 aliphatic carbocycles. The van der Waals surface area contributed by atoms with Crippen molar-refractivity contribution in [2.24, 2.45) is 11.8 Å². The van der Waals surface area contributed by atoms with Gasteiger partial charge in [-0.25, -0.2) is 0 Å². The second-order valence-electron chi connectivity index (χ2n) is 7.62. The molecule has 4 rings (SSSR count). The molecule has 0 spiro atoms. The van der Waals surface area contributed by atoms with Crippen LogP contribution < -0.4 is 10.6 Å². The summed E-state index contributed by atoms with van der Waals surface area (Å²) in [7, 11) is 0. The first kappa shape index (κ1) is 21.1. The third-order valence-corrected chi connectivity index (χ3v) is 5.38. The molecule has 2 fully saturated rings. The van der Waals surface area contributed by atoms with E-state index in [0.717, 1.165) is 11.8 Å². The average molecular weight is 374 g/mol. The molecule has 0 atom stereocenters. The summed E-state index contributed by atoms with van der Waals surface area (Å²) in [4.78, 5) is 40.1. The molecular formula is C21H30N2O4. The molecular weight excluding hydrogens is 344 g/mol. The third-order valence-electron chi connectivity index (χ3n) is 5.38. The van der Waals surface area contributed by atoms with Crippen molar-refractivity contribution in [3.05, 3.63) is 24.3 Å². The summed E-state index contributed by atoms with van der Waals surface area (Å²) in [6.45, 7) is 0. The molecule has 27 heavy (non-hydrogen) atoms. The van der Waals surface area contributed by atoms with Gasteiger partial charge in [-0.15, -0.1) is 0 Å². The maximum absolute atomic E-state index is 10.0. The Morgan fingerprint density at radius 2 is 0.852 bits per heavy atom. The van der Waals surface area contributed by atoms with E-state index in [0.29, 0.717) is 0 Å². The van der Waals surface area contributed by atoms with Gasteiger partial charge in [-0.05, 0) is 18.3 Å². The van der Waals surface area contributed by atoms with Crippen molar-refractivity contribution in [1.82, 2.24) is 10.6 Å². The van der Waals surface area contributed by atoms with E-state index < -0.39 is 0 Å². The van der Waals surface area contributed by atoms with Gasteiger partial charge in [-0.1, -0.05) is 64.2 Å². The van der Waals surface area contributed by atoms with Gasteiger partial charge in [0.25, 0.3) is 23.6 Å². The maximum atomic E-state index is 10.0. The molecule has 0 aromatic heterocycles. The highest BCUT2D eigenvalue weighted by Crippen LogP contribution is 2.34. The van der Waals surface area contributed by atoms with Crippen molar-refractivity contribution in [3.8, 4) is 0 Å². The van der Waals surface area contributed by atoms with E-state index in [9.17, 15) is 19.2 Å². The molecule has 4 aliphatic rings. The number of rotatable bonds is 2. The van der Waals surface area contributed by atoms with Crippen LogP contribution >= 0.6 is 0 Å². The quantitative estimate of drug-likeness (QED) is 0.727. The Morgan fingerprint density at radius 1 is 0.556 bits per heavy atom. The Bertz CT molecular complexity index is 513. The number of hydrogen-bond acceptors (Lipinski definition) is 4. The van der Waals surface area contributed by atoms with Crippen LogP contribution in [0.4, 0.5) is 0 Å². The van der Waals surface area contributed by atoms with E-state index >= 15 is 0 Å². The molecule has 6 heteroatoms. The molecule has 0 saturated heterocycles. The van der Waals surface area contributed by atoms with Crippen LogP contribution in [0.2, 0.25) is 0 Å². The van der Waals surface area contributed by atoms with Crippen molar-refractivity contribution < 1.29 is 19.2 Å². The van der Waals surface area contributed by atoms with Crippen LogP contribution in [0.5, 0.6) is 0 Å². The number of carbonyl (C=O) groups excluding carboxylic acids is 4. The van der Waals surface area contributed by atoms with E-state index in [1.807, 2.05) is 10.6 Å². The molecule has 0 unspecified atom stereocenters. The van der Waals surface area contributed by atoms with Crippen LogP contribution in [0, 0.1) is 11.8 Å². The van der Waals surface area contributed by atoms with Gasteiger partial charge < -0.3 is 0 Å². The molecule has 2 aliphatic heterocycles. The predicted molar refractivity (Wildman–Crippen MR) is 102 cm³/mol. The fourth-order valence-corrected chi connectivity index (χ4v) is 4.03. The molecule has 0 bridgehead atoms. The summed E-state index contributed by atoms with van der Waals surface area (Å²) in [6.07, 6.45) is 21.7. The summed E-state index contributed by atoms with van der Waals surface area (Å²) in [6, 6.07) is 0. The largest absolute Gasteiger partial charge is 0.289 e. The van der Waals surface area contributed by atoms with E-state index in [2.05, 4.69) is 0 Å². The lowest BCUT2D eigenvalue weighted by molar-refractivity contribution is -0.125. The summed E-state index contributed by atoms with van der Waals surface area (Å²) < 4.78 is 0. The van der Waals surface area contributed by atoms with Gasteiger partial charge in [-0.2, -0.15) is 0 Å². The van der Waals surface area contributed by atoms with Gasteiger partial charge >= 0.3 is 0 Å². The number of hydrogen-bond donors (Lipinski definition) is 2. The maximum Gasteiger partial charge on any atom is 0.250 e. The molecule has 0 aromatic carbocycles. The van der Waals surface area contributed by atoms with E-state index in [1.165, 1.54) is 62.8 Å². The van der Waals surface area contributed by atoms with Gasteiger partial charge in [0, 0.05) is 24.3 Å². The van der Waals surface area contributed by atoms with Crippen LogP contribution in [-0.2, 0) is 19.2 Å². The molecule has 0 radical (unpaired) electrons. The van der Waals surface area contributed by atoms with Crippen molar-refractivity contribution in [3.63, 3.8) is 0 Å². The van der Waals surface area contributed by atoms with E-state index in [-0.39, 0.29) is 23.6 Å². The monoisotopic (exact) mass is 374 g/mol. The predicted octanol–water partition coefficient (Wildman–Crippen LogP) is 2.94. The van der Waals surface area contributed by atoms with Gasteiger partial charge in [0.15, 0.2) is 0 Å². The molecule has 4 amide bonds. The minimum Gasteiger partial charge on any atom is -0.289 e. The fraction of sp³-hybridized carbons (Fsp3) is 0.619. The standard InChI is InChI=1S/C13H24.2C4H3NO2/c1-3-7-12(8-4-1)11-13-9-5-2-6-10-13;2*6-3-1-2-4(7)5-3/h12-13H,1-11H2;2*1-2H,(H,5,6,7). The van der Waals surface area contributed by atoms with Crippen molar-refractivity contribution in [2.75, 3.05) is 0 Å². The first-order chi connectivity index (χ1) is 13.0. The van der Waals surface area contributed by atoms with Crippen molar-refractivity contribution in [1.29, 1.82) is 0 Å². The second kappa shape index (κ2) is 11.5. The Hall–Kier alpha value is -2.24. The SMILES string of the molecule is C1CCC(CC2CCCCC2)CC1.O=C1C=CC(=O)N1.O=C1C=CC(=O)N1. The molecule has 6 nitrogen and oxygen atoms in total. The molecule has 2 saturated carbocycles. The summed E-state index contributed by atoms with van der Waals surface area (Å²) in [5.74, 6) is 0.929. The number of nitrogens with one attached hydrogen (secondary N) is 2. The lowest BCUT2D eigenvalue weighted by Crippen LogP contribution is -2.19. The third kappa shape index (κ3) is 8.80. The molecule has 2 heterocycles. The molecule has 0 aromatic rings. The Kier molecular flexibility index (Phi) is 8.95. The van der Waals surface area contributed by atoms with Gasteiger partial charge in [0.2, 0.25) is 0 Å². The Labute approximate surface area is 160 Å². The van der Waals surface area contributed by atoms with Crippen LogP contribution in [0.1, 0.15) is 70.6 Å². The van der Waals surface area contributed by atoms with Crippen molar-refractivity contribution in [2.45, 2.75) is 70.6 Å². The average Bonchev–Trinajstić information content (AvgIpc) is 3.24. The van der Waals surface area contributed by atoms with Crippen LogP contribution in [0.25, 0.3) is 0 Å². The van der Waals surface area contributed by atoms with Crippen LogP contribution in [0.3, 0.4) is 0 Å². The Morgan fingerprint density at radius 3 is 1.07 bits per heavy atom. The van der Waals surface area contributed by atoms with Crippen LogP contribution in [0.15, 0.2) is 24.3 Å². The van der Waals surface area contributed by atoms with E-state index in [1.54, 1.807) is 32.1 Å². The smallest absolute Gasteiger partial charge is 0.250 e. The molecule has 148 valence electrons. The summed E-state index contributed by atoms with van der Waals surface area (Å²) in [5, 5.41) is 4.06. The number of carbonyl (C=O) groups is 4. The zero-order valence-corrected chi connectivity index (χ0v) is 15.9. The number of imide groups is 2. The lowest BCUT2D eigenvalue weighted by atomic mass is 9.78. The minimum atomic E-state index is -0.329. The van der Waals surface area contributed by atoms with Gasteiger partial charge in [-0.3, -0.25) is 29.8 Å². The summed E-state index contributed by atoms with van der Waals surface area (Å²) in [5.41, 5.74) is 0. The second-order valence-corrected chi connectivity index (χ2v) is 7.62. The minimum absolute atomic E-state index is 0.329. The topological polar surface area (TPSA) is 92.3 Å². The first-order valence-corrected chi connectivity index (χ1v) is 10.1. The van der Waals surface area contributed by atoms with Gasteiger partial charge in [0.1, 0.15) is 0 Å². The molecule has 2 N–H and O–H groups in total. The highest BCUT2D eigenvalue weighted by atomic mass is 16.2. The van der Waals surface area contributed by atoms with Gasteiger partial charge in [0.05, 0.1) is 0 Å². The first-order valence-electron chi connectivity index (χ1n) is 10.1. The fourth-order valence-electron chi connectivity index (χ4n) is 4.03. The number of amides is 4. The highest BCUT2D eigenvalue weighted by Gasteiger charge is 2.20. The zero-order chi connectivity index (χ0) is 19.5. The summed E-state index contributed by atoms with van der Waals surface area (Å²) >= 11 is 0. The lowest BCUT2D eigenvalue weighted by Gasteiger charge is -2.28. The normalized spacial score (nSPS) is 22.5.